The van der Waals surface area contributed by atoms with E-state index in [-0.39, 0.29) is 4.90 Å². The molecular formula is C42H27N3O2S. The van der Waals surface area contributed by atoms with Crippen molar-refractivity contribution in [1.82, 2.24) is 13.1 Å². The van der Waals surface area contributed by atoms with Gasteiger partial charge in [0.05, 0.1) is 38.0 Å². The molecule has 0 unspecified atom stereocenters. The molecule has 48 heavy (non-hydrogen) atoms. The molecule has 7 aromatic carbocycles. The number of nitrogens with zero attached hydrogens (tertiary/aromatic N) is 3. The fourth-order valence-corrected chi connectivity index (χ4v) is 9.15. The van der Waals surface area contributed by atoms with Crippen LogP contribution in [0.4, 0.5) is 0 Å². The van der Waals surface area contributed by atoms with Gasteiger partial charge in [0.1, 0.15) is 0 Å². The standard InChI is InChI=1S/C42H27N3O2S/c46-48(47,30-12-2-1-3-13-30)45-41-24-22-28(43-37-18-8-4-14-31(37)32-15-5-9-19-38(32)43)26-35(41)36-27-29(23-25-42(36)45)44-39-20-10-6-16-33(39)34-17-7-11-21-40(34)44/h1-27H. The van der Waals surface area contributed by atoms with Crippen molar-refractivity contribution in [1.29, 1.82) is 0 Å². The molecule has 0 N–H and O–H groups in total. The van der Waals surface area contributed by atoms with Crippen LogP contribution in [0.15, 0.2) is 169 Å². The van der Waals surface area contributed by atoms with Gasteiger partial charge in [-0.25, -0.2) is 12.4 Å². The van der Waals surface area contributed by atoms with E-state index in [2.05, 4.69) is 118 Å². The van der Waals surface area contributed by atoms with Crippen LogP contribution in [-0.2, 0) is 10.0 Å². The number of fused-ring (bicyclic) bond motifs is 9. The van der Waals surface area contributed by atoms with Gasteiger partial charge in [-0.15, -0.1) is 0 Å². The summed E-state index contributed by atoms with van der Waals surface area (Å²) in [6.45, 7) is 0. The highest BCUT2D eigenvalue weighted by Gasteiger charge is 2.25. The molecule has 0 bridgehead atoms. The van der Waals surface area contributed by atoms with Crippen LogP contribution in [0, 0.1) is 0 Å². The Kier molecular flexibility index (Phi) is 5.60. The summed E-state index contributed by atoms with van der Waals surface area (Å²) < 4.78 is 34.9. The summed E-state index contributed by atoms with van der Waals surface area (Å²) in [6.07, 6.45) is 0. The molecular weight excluding hydrogens is 611 g/mol. The highest BCUT2D eigenvalue weighted by atomic mass is 32.2. The van der Waals surface area contributed by atoms with Crippen LogP contribution in [0.2, 0.25) is 0 Å². The average Bonchev–Trinajstić information content (AvgIpc) is 3.77. The minimum absolute atomic E-state index is 0.252. The number of hydrogen-bond donors (Lipinski definition) is 0. The third-order valence-corrected chi connectivity index (χ3v) is 11.4. The first-order chi connectivity index (χ1) is 23.6. The second-order valence-corrected chi connectivity index (χ2v) is 14.0. The normalized spacial score (nSPS) is 12.3. The topological polar surface area (TPSA) is 48.9 Å². The highest BCUT2D eigenvalue weighted by Crippen LogP contribution is 2.39. The maximum absolute atomic E-state index is 14.4. The van der Waals surface area contributed by atoms with Crippen LogP contribution in [0.5, 0.6) is 0 Å². The van der Waals surface area contributed by atoms with Crippen LogP contribution in [0.3, 0.4) is 0 Å². The van der Waals surface area contributed by atoms with Gasteiger partial charge in [0.15, 0.2) is 0 Å². The molecule has 0 fully saturated rings. The Morgan fingerprint density at radius 1 is 0.333 bits per heavy atom. The van der Waals surface area contributed by atoms with Crippen molar-refractivity contribution in [3.63, 3.8) is 0 Å². The molecule has 10 rings (SSSR count). The van der Waals surface area contributed by atoms with Crippen molar-refractivity contribution in [2.24, 2.45) is 0 Å². The van der Waals surface area contributed by atoms with Crippen LogP contribution in [0.25, 0.3) is 76.8 Å². The molecule has 0 aliphatic heterocycles. The van der Waals surface area contributed by atoms with Gasteiger partial charge in [-0.2, -0.15) is 0 Å². The average molecular weight is 638 g/mol. The maximum atomic E-state index is 14.4. The predicted octanol–water partition coefficient (Wildman–Crippen LogP) is 10.2. The van der Waals surface area contributed by atoms with Crippen molar-refractivity contribution in [2.75, 3.05) is 0 Å². The van der Waals surface area contributed by atoms with Gasteiger partial charge >= 0.3 is 0 Å². The number of aromatic nitrogens is 3. The van der Waals surface area contributed by atoms with Crippen LogP contribution >= 0.6 is 0 Å². The Morgan fingerprint density at radius 2 is 0.688 bits per heavy atom. The van der Waals surface area contributed by atoms with Gasteiger partial charge in [-0.3, -0.25) is 0 Å². The van der Waals surface area contributed by atoms with E-state index in [0.29, 0.717) is 11.0 Å². The molecule has 0 aliphatic rings. The number of rotatable bonds is 4. The van der Waals surface area contributed by atoms with Crippen molar-refractivity contribution >= 4 is 75.4 Å². The van der Waals surface area contributed by atoms with Crippen molar-refractivity contribution < 1.29 is 8.42 Å². The van der Waals surface area contributed by atoms with Gasteiger partial charge in [-0.1, -0.05) is 91.0 Å². The molecule has 0 spiro atoms. The van der Waals surface area contributed by atoms with E-state index in [1.54, 1.807) is 24.3 Å². The Balaban J connectivity index is 1.31. The number of benzene rings is 7. The molecule has 0 atom stereocenters. The van der Waals surface area contributed by atoms with Crippen LogP contribution in [-0.4, -0.2) is 21.5 Å². The number of hydrogen-bond acceptors (Lipinski definition) is 2. The van der Waals surface area contributed by atoms with Gasteiger partial charge in [0, 0.05) is 43.7 Å². The Bertz CT molecular complexity index is 2740. The van der Waals surface area contributed by atoms with Gasteiger partial charge in [0.25, 0.3) is 10.0 Å². The lowest BCUT2D eigenvalue weighted by Gasteiger charge is -2.11. The van der Waals surface area contributed by atoms with Crippen molar-refractivity contribution in [3.05, 3.63) is 164 Å². The van der Waals surface area contributed by atoms with Crippen LogP contribution in [0.1, 0.15) is 0 Å². The first kappa shape index (κ1) is 27.0. The molecule has 228 valence electrons. The summed E-state index contributed by atoms with van der Waals surface area (Å²) in [5.41, 5.74) is 7.62. The Morgan fingerprint density at radius 3 is 1.08 bits per heavy atom. The fourth-order valence-electron chi connectivity index (χ4n) is 7.60. The summed E-state index contributed by atoms with van der Waals surface area (Å²) in [4.78, 5) is 0.252. The third-order valence-electron chi connectivity index (χ3n) is 9.65. The summed E-state index contributed by atoms with van der Waals surface area (Å²) in [5.74, 6) is 0. The largest absolute Gasteiger partial charge is 0.309 e. The number of para-hydroxylation sites is 4. The van der Waals surface area contributed by atoms with E-state index in [9.17, 15) is 8.42 Å². The summed E-state index contributed by atoms with van der Waals surface area (Å²) in [6, 6.07) is 54.7. The predicted molar refractivity (Wildman–Crippen MR) is 197 cm³/mol. The first-order valence-corrected chi connectivity index (χ1v) is 17.4. The first-order valence-electron chi connectivity index (χ1n) is 16.0. The molecule has 10 aromatic rings. The lowest BCUT2D eigenvalue weighted by Crippen LogP contribution is -2.12. The molecule has 6 heteroatoms. The Hall–Kier alpha value is -6.11. The fraction of sp³-hybridized carbons (Fsp3) is 0. The quantitative estimate of drug-likeness (QED) is 0.193. The highest BCUT2D eigenvalue weighted by molar-refractivity contribution is 7.90. The SMILES string of the molecule is O=S(=O)(c1ccccc1)n1c2ccc(-n3c4ccccc4c4ccccc43)cc2c2cc(-n3c4ccccc4c4ccccc43)ccc21. The van der Waals surface area contributed by atoms with E-state index in [1.165, 1.54) is 25.5 Å². The van der Waals surface area contributed by atoms with Crippen molar-refractivity contribution in [3.8, 4) is 11.4 Å². The monoisotopic (exact) mass is 637 g/mol. The van der Waals surface area contributed by atoms with E-state index >= 15 is 0 Å². The zero-order chi connectivity index (χ0) is 32.0. The molecule has 3 aromatic heterocycles. The third kappa shape index (κ3) is 3.69. The molecule has 0 saturated carbocycles. The lowest BCUT2D eigenvalue weighted by molar-refractivity contribution is 0.590. The lowest BCUT2D eigenvalue weighted by atomic mass is 10.1. The second kappa shape index (κ2) is 9.94. The van der Waals surface area contributed by atoms with Crippen LogP contribution < -0.4 is 0 Å². The summed E-state index contributed by atoms with van der Waals surface area (Å²) >= 11 is 0. The van der Waals surface area contributed by atoms with E-state index in [0.717, 1.165) is 44.2 Å². The van der Waals surface area contributed by atoms with E-state index in [4.69, 9.17) is 0 Å². The zero-order valence-electron chi connectivity index (χ0n) is 25.7. The van der Waals surface area contributed by atoms with Crippen molar-refractivity contribution in [2.45, 2.75) is 4.90 Å². The zero-order valence-corrected chi connectivity index (χ0v) is 26.5. The molecule has 3 heterocycles. The minimum atomic E-state index is -3.92. The molecule has 0 radical (unpaired) electrons. The molecule has 0 saturated heterocycles. The summed E-state index contributed by atoms with van der Waals surface area (Å²) in [5, 5.41) is 6.44. The smallest absolute Gasteiger partial charge is 0.268 e. The maximum Gasteiger partial charge on any atom is 0.268 e. The second-order valence-electron chi connectivity index (χ2n) is 12.2. The molecule has 5 nitrogen and oxygen atoms in total. The van der Waals surface area contributed by atoms with E-state index < -0.39 is 10.0 Å². The summed E-state index contributed by atoms with van der Waals surface area (Å²) in [7, 11) is -3.92. The van der Waals surface area contributed by atoms with E-state index in [1.807, 2.05) is 30.3 Å². The van der Waals surface area contributed by atoms with Gasteiger partial charge < -0.3 is 9.13 Å². The molecule has 0 aliphatic carbocycles. The molecule has 0 amide bonds. The van der Waals surface area contributed by atoms with Gasteiger partial charge in [0.2, 0.25) is 0 Å². The minimum Gasteiger partial charge on any atom is -0.309 e. The van der Waals surface area contributed by atoms with Gasteiger partial charge in [-0.05, 0) is 72.8 Å². The Labute approximate surface area is 276 Å².